The maximum atomic E-state index is 6.15. The summed E-state index contributed by atoms with van der Waals surface area (Å²) in [5, 5.41) is 0. The molecule has 0 rings (SSSR count). The Labute approximate surface area is 114 Å². The standard InChI is InChI=1S/C16H34O2/c1-9-14(4)12-18-16(7,8)15(5,6)10-11-17-13(2)3/h13-14H,9-12H2,1-8H3. The first-order valence-electron chi connectivity index (χ1n) is 7.38. The third kappa shape index (κ3) is 6.19. The van der Waals surface area contributed by atoms with Gasteiger partial charge in [-0.3, -0.25) is 0 Å². The molecule has 1 unspecified atom stereocenters. The van der Waals surface area contributed by atoms with Gasteiger partial charge in [-0.2, -0.15) is 0 Å². The Morgan fingerprint density at radius 3 is 2.00 bits per heavy atom. The van der Waals surface area contributed by atoms with Crippen LogP contribution in [-0.4, -0.2) is 24.9 Å². The average molecular weight is 258 g/mol. The van der Waals surface area contributed by atoms with Gasteiger partial charge in [-0.15, -0.1) is 0 Å². The van der Waals surface area contributed by atoms with E-state index in [1.165, 1.54) is 6.42 Å². The fourth-order valence-corrected chi connectivity index (χ4v) is 1.51. The predicted octanol–water partition coefficient (Wildman–Crippen LogP) is 4.67. The normalized spacial score (nSPS) is 15.2. The van der Waals surface area contributed by atoms with Crippen molar-refractivity contribution in [1.82, 2.24) is 0 Å². The van der Waals surface area contributed by atoms with E-state index in [-0.39, 0.29) is 11.0 Å². The van der Waals surface area contributed by atoms with Crippen LogP contribution in [0.1, 0.15) is 68.2 Å². The van der Waals surface area contributed by atoms with Crippen molar-refractivity contribution in [3.05, 3.63) is 0 Å². The SMILES string of the molecule is CCC(C)COC(C)(C)C(C)(C)CCOC(C)C. The molecule has 0 radical (unpaired) electrons. The van der Waals surface area contributed by atoms with Crippen molar-refractivity contribution in [2.75, 3.05) is 13.2 Å². The zero-order valence-electron chi connectivity index (χ0n) is 13.8. The number of ether oxygens (including phenoxy) is 2. The van der Waals surface area contributed by atoms with E-state index >= 15 is 0 Å². The van der Waals surface area contributed by atoms with E-state index in [2.05, 4.69) is 55.4 Å². The molecule has 0 amide bonds. The Morgan fingerprint density at radius 1 is 1.00 bits per heavy atom. The Morgan fingerprint density at radius 2 is 1.56 bits per heavy atom. The number of hydrogen-bond acceptors (Lipinski definition) is 2. The first-order chi connectivity index (χ1) is 8.12. The molecule has 0 fully saturated rings. The van der Waals surface area contributed by atoms with E-state index in [9.17, 15) is 0 Å². The molecule has 2 heteroatoms. The van der Waals surface area contributed by atoms with Crippen LogP contribution in [0.4, 0.5) is 0 Å². The van der Waals surface area contributed by atoms with Crippen LogP contribution in [0.25, 0.3) is 0 Å². The maximum Gasteiger partial charge on any atom is 0.0678 e. The molecule has 0 spiro atoms. The summed E-state index contributed by atoms with van der Waals surface area (Å²) in [5.74, 6) is 0.631. The van der Waals surface area contributed by atoms with Crippen molar-refractivity contribution in [2.24, 2.45) is 11.3 Å². The highest BCUT2D eigenvalue weighted by molar-refractivity contribution is 4.87. The molecule has 0 saturated carbocycles. The van der Waals surface area contributed by atoms with Gasteiger partial charge in [0.1, 0.15) is 0 Å². The molecule has 0 heterocycles. The predicted molar refractivity (Wildman–Crippen MR) is 79.0 cm³/mol. The van der Waals surface area contributed by atoms with Crippen molar-refractivity contribution >= 4 is 0 Å². The average Bonchev–Trinajstić information content (AvgIpc) is 2.24. The first kappa shape index (κ1) is 17.9. The quantitative estimate of drug-likeness (QED) is 0.598. The van der Waals surface area contributed by atoms with Gasteiger partial charge in [0.05, 0.1) is 11.7 Å². The Balaban J connectivity index is 4.27. The molecule has 0 aromatic carbocycles. The molecular weight excluding hydrogens is 224 g/mol. The molecule has 1 atom stereocenters. The summed E-state index contributed by atoms with van der Waals surface area (Å²) in [4.78, 5) is 0. The zero-order chi connectivity index (χ0) is 14.4. The van der Waals surface area contributed by atoms with E-state index in [1.54, 1.807) is 0 Å². The van der Waals surface area contributed by atoms with E-state index in [0.29, 0.717) is 12.0 Å². The summed E-state index contributed by atoms with van der Waals surface area (Å²) >= 11 is 0. The summed E-state index contributed by atoms with van der Waals surface area (Å²) in [7, 11) is 0. The number of hydrogen-bond donors (Lipinski definition) is 0. The van der Waals surface area contributed by atoms with E-state index < -0.39 is 0 Å². The molecule has 0 saturated heterocycles. The lowest BCUT2D eigenvalue weighted by Gasteiger charge is -2.42. The lowest BCUT2D eigenvalue weighted by Crippen LogP contribution is -2.43. The maximum absolute atomic E-state index is 6.15. The fourth-order valence-electron chi connectivity index (χ4n) is 1.51. The van der Waals surface area contributed by atoms with E-state index in [1.807, 2.05) is 0 Å². The van der Waals surface area contributed by atoms with Gasteiger partial charge in [0.15, 0.2) is 0 Å². The van der Waals surface area contributed by atoms with Gasteiger partial charge in [0, 0.05) is 13.2 Å². The van der Waals surface area contributed by atoms with E-state index in [4.69, 9.17) is 9.47 Å². The molecule has 0 aliphatic heterocycles. The van der Waals surface area contributed by atoms with Crippen LogP contribution in [-0.2, 0) is 9.47 Å². The van der Waals surface area contributed by atoms with Crippen LogP contribution >= 0.6 is 0 Å². The molecule has 0 bridgehead atoms. The van der Waals surface area contributed by atoms with Crippen molar-refractivity contribution < 1.29 is 9.47 Å². The summed E-state index contributed by atoms with van der Waals surface area (Å²) in [6.45, 7) is 19.2. The monoisotopic (exact) mass is 258 g/mol. The molecule has 2 nitrogen and oxygen atoms in total. The third-order valence-corrected chi connectivity index (χ3v) is 4.23. The highest BCUT2D eigenvalue weighted by Gasteiger charge is 2.37. The van der Waals surface area contributed by atoms with Gasteiger partial charge in [-0.05, 0) is 45.4 Å². The smallest absolute Gasteiger partial charge is 0.0678 e. The molecule has 0 N–H and O–H groups in total. The number of rotatable bonds is 9. The van der Waals surface area contributed by atoms with Crippen molar-refractivity contribution in [3.8, 4) is 0 Å². The summed E-state index contributed by atoms with van der Waals surface area (Å²) in [5.41, 5.74) is 0.00607. The van der Waals surface area contributed by atoms with Gasteiger partial charge in [0.25, 0.3) is 0 Å². The van der Waals surface area contributed by atoms with Gasteiger partial charge >= 0.3 is 0 Å². The summed E-state index contributed by atoms with van der Waals surface area (Å²) in [6.07, 6.45) is 2.51. The minimum atomic E-state index is -0.114. The second-order valence-corrected chi connectivity index (χ2v) is 6.89. The van der Waals surface area contributed by atoms with Gasteiger partial charge in [0.2, 0.25) is 0 Å². The molecule has 0 aliphatic carbocycles. The molecule has 0 aliphatic rings. The Bertz CT molecular complexity index is 219. The minimum Gasteiger partial charge on any atom is -0.379 e. The summed E-state index contributed by atoms with van der Waals surface area (Å²) in [6, 6.07) is 0. The van der Waals surface area contributed by atoms with Crippen molar-refractivity contribution in [1.29, 1.82) is 0 Å². The Hall–Kier alpha value is -0.0800. The van der Waals surface area contributed by atoms with E-state index in [0.717, 1.165) is 19.6 Å². The molecule has 18 heavy (non-hydrogen) atoms. The largest absolute Gasteiger partial charge is 0.379 e. The topological polar surface area (TPSA) is 18.5 Å². The van der Waals surface area contributed by atoms with Crippen LogP contribution in [0.15, 0.2) is 0 Å². The molecule has 0 aromatic heterocycles. The van der Waals surface area contributed by atoms with Gasteiger partial charge in [-0.25, -0.2) is 0 Å². The third-order valence-electron chi connectivity index (χ3n) is 4.23. The Kier molecular flexibility index (Phi) is 7.46. The van der Waals surface area contributed by atoms with Crippen LogP contribution in [0.2, 0.25) is 0 Å². The molecule has 110 valence electrons. The van der Waals surface area contributed by atoms with Crippen molar-refractivity contribution in [2.45, 2.75) is 79.9 Å². The van der Waals surface area contributed by atoms with Crippen LogP contribution in [0, 0.1) is 11.3 Å². The van der Waals surface area contributed by atoms with Gasteiger partial charge < -0.3 is 9.47 Å². The molecular formula is C16H34O2. The second kappa shape index (κ2) is 7.49. The van der Waals surface area contributed by atoms with Crippen LogP contribution in [0.5, 0.6) is 0 Å². The minimum absolute atomic E-state index is 0.114. The lowest BCUT2D eigenvalue weighted by atomic mass is 9.74. The van der Waals surface area contributed by atoms with Gasteiger partial charge in [-0.1, -0.05) is 34.1 Å². The fraction of sp³-hybridized carbons (Fsp3) is 1.00. The highest BCUT2D eigenvalue weighted by atomic mass is 16.5. The lowest BCUT2D eigenvalue weighted by molar-refractivity contribution is -0.118. The summed E-state index contributed by atoms with van der Waals surface area (Å²) < 4.78 is 11.8. The van der Waals surface area contributed by atoms with Crippen LogP contribution in [0.3, 0.4) is 0 Å². The second-order valence-electron chi connectivity index (χ2n) is 6.89. The van der Waals surface area contributed by atoms with Crippen molar-refractivity contribution in [3.63, 3.8) is 0 Å². The zero-order valence-corrected chi connectivity index (χ0v) is 13.8. The van der Waals surface area contributed by atoms with Crippen LogP contribution < -0.4 is 0 Å². The first-order valence-corrected chi connectivity index (χ1v) is 7.38. The highest BCUT2D eigenvalue weighted by Crippen LogP contribution is 2.37. The molecule has 0 aromatic rings.